The summed E-state index contributed by atoms with van der Waals surface area (Å²) >= 11 is 0. The van der Waals surface area contributed by atoms with E-state index in [9.17, 15) is 19.5 Å². The standard InChI is InChI=1S/C8H12N2O4/c1-2-3-10-7(13)5(4-6(11)12)9-8(10)14/h5H,2-4H2,1H3,(H,9,14)(H,11,12)/p-1/t5-/m1/s1. The number of amides is 3. The lowest BCUT2D eigenvalue weighted by Crippen LogP contribution is -2.37. The number of aliphatic carboxylic acids is 1. The fourth-order valence-electron chi connectivity index (χ4n) is 1.32. The Hall–Kier alpha value is -1.59. The van der Waals surface area contributed by atoms with Crippen LogP contribution in [0.25, 0.3) is 0 Å². The number of carboxylic acids is 1. The van der Waals surface area contributed by atoms with Crippen molar-refractivity contribution in [2.24, 2.45) is 0 Å². The Morgan fingerprint density at radius 3 is 2.71 bits per heavy atom. The zero-order chi connectivity index (χ0) is 10.7. The average molecular weight is 199 g/mol. The van der Waals surface area contributed by atoms with Gasteiger partial charge in [-0.05, 0) is 6.42 Å². The normalized spacial score (nSPS) is 21.2. The molecule has 0 aromatic heterocycles. The quantitative estimate of drug-likeness (QED) is 0.555. The molecule has 0 radical (unpaired) electrons. The van der Waals surface area contributed by atoms with Gasteiger partial charge >= 0.3 is 6.03 Å². The molecule has 0 bridgehead atoms. The third-order valence-electron chi connectivity index (χ3n) is 1.92. The topological polar surface area (TPSA) is 89.5 Å². The molecule has 0 aromatic rings. The summed E-state index contributed by atoms with van der Waals surface area (Å²) in [6, 6.07) is -1.48. The number of carbonyl (C=O) groups is 3. The molecule has 0 aliphatic carbocycles. The summed E-state index contributed by atoms with van der Waals surface area (Å²) in [6.07, 6.45) is 0.183. The van der Waals surface area contributed by atoms with E-state index in [1.54, 1.807) is 0 Å². The molecule has 1 heterocycles. The van der Waals surface area contributed by atoms with Gasteiger partial charge in [0, 0.05) is 18.9 Å². The van der Waals surface area contributed by atoms with Crippen LogP contribution in [-0.4, -0.2) is 35.4 Å². The number of nitrogens with one attached hydrogen (secondary N) is 1. The Labute approximate surface area is 80.9 Å². The summed E-state index contributed by atoms with van der Waals surface area (Å²) in [4.78, 5) is 33.8. The van der Waals surface area contributed by atoms with E-state index < -0.39 is 30.4 Å². The van der Waals surface area contributed by atoms with E-state index in [0.29, 0.717) is 13.0 Å². The number of carboxylic acid groups (broad SMARTS) is 1. The van der Waals surface area contributed by atoms with Crippen molar-refractivity contribution in [3.63, 3.8) is 0 Å². The maximum atomic E-state index is 11.4. The van der Waals surface area contributed by atoms with E-state index >= 15 is 0 Å². The van der Waals surface area contributed by atoms with Crippen LogP contribution in [0.2, 0.25) is 0 Å². The van der Waals surface area contributed by atoms with Crippen LogP contribution >= 0.6 is 0 Å². The Bertz CT molecular complexity index is 277. The van der Waals surface area contributed by atoms with Gasteiger partial charge in [-0.25, -0.2) is 4.79 Å². The molecule has 0 aromatic carbocycles. The third-order valence-corrected chi connectivity index (χ3v) is 1.92. The van der Waals surface area contributed by atoms with Gasteiger partial charge in [-0.1, -0.05) is 6.92 Å². The first-order chi connectivity index (χ1) is 6.56. The molecular weight excluding hydrogens is 188 g/mol. The van der Waals surface area contributed by atoms with Crippen molar-refractivity contribution in [1.29, 1.82) is 0 Å². The van der Waals surface area contributed by atoms with Crippen molar-refractivity contribution in [3.05, 3.63) is 0 Å². The second-order valence-electron chi connectivity index (χ2n) is 3.07. The molecule has 3 amide bonds. The van der Waals surface area contributed by atoms with Crippen molar-refractivity contribution in [3.8, 4) is 0 Å². The van der Waals surface area contributed by atoms with Crippen LogP contribution in [0, 0.1) is 0 Å². The number of nitrogens with zero attached hydrogens (tertiary/aromatic N) is 1. The maximum absolute atomic E-state index is 11.4. The van der Waals surface area contributed by atoms with Gasteiger partial charge in [0.2, 0.25) is 0 Å². The monoisotopic (exact) mass is 199 g/mol. The summed E-state index contributed by atoms with van der Waals surface area (Å²) in [5.41, 5.74) is 0. The van der Waals surface area contributed by atoms with E-state index in [-0.39, 0.29) is 0 Å². The van der Waals surface area contributed by atoms with Crippen LogP contribution in [0.4, 0.5) is 4.79 Å². The number of carbonyl (C=O) groups excluding carboxylic acids is 3. The highest BCUT2D eigenvalue weighted by Gasteiger charge is 2.36. The minimum Gasteiger partial charge on any atom is -0.550 e. The van der Waals surface area contributed by atoms with Crippen molar-refractivity contribution in [2.75, 3.05) is 6.54 Å². The molecule has 14 heavy (non-hydrogen) atoms. The number of hydrogen-bond donors (Lipinski definition) is 1. The number of hydrogen-bond acceptors (Lipinski definition) is 4. The van der Waals surface area contributed by atoms with Crippen LogP contribution in [0.1, 0.15) is 19.8 Å². The molecule has 1 fully saturated rings. The summed E-state index contributed by atoms with van der Waals surface area (Å²) in [6.45, 7) is 2.14. The molecule has 1 aliphatic rings. The van der Waals surface area contributed by atoms with E-state index in [1.165, 1.54) is 0 Å². The molecule has 6 heteroatoms. The van der Waals surface area contributed by atoms with Crippen LogP contribution in [0.3, 0.4) is 0 Å². The number of urea groups is 1. The SMILES string of the molecule is CCCN1C(=O)N[C@H](CC(=O)[O-])C1=O. The molecule has 6 nitrogen and oxygen atoms in total. The van der Waals surface area contributed by atoms with Crippen LogP contribution < -0.4 is 10.4 Å². The van der Waals surface area contributed by atoms with E-state index in [0.717, 1.165) is 4.90 Å². The Morgan fingerprint density at radius 1 is 1.57 bits per heavy atom. The lowest BCUT2D eigenvalue weighted by atomic mass is 10.2. The second-order valence-corrected chi connectivity index (χ2v) is 3.07. The molecule has 1 N–H and O–H groups in total. The molecule has 1 aliphatic heterocycles. The Morgan fingerprint density at radius 2 is 2.21 bits per heavy atom. The van der Waals surface area contributed by atoms with E-state index in [4.69, 9.17) is 0 Å². The smallest absolute Gasteiger partial charge is 0.324 e. The molecule has 1 atom stereocenters. The van der Waals surface area contributed by atoms with Crippen molar-refractivity contribution in [1.82, 2.24) is 10.2 Å². The van der Waals surface area contributed by atoms with Gasteiger partial charge in [-0.2, -0.15) is 0 Å². The van der Waals surface area contributed by atoms with Crippen molar-refractivity contribution < 1.29 is 19.5 Å². The highest BCUT2D eigenvalue weighted by atomic mass is 16.4. The van der Waals surface area contributed by atoms with Gasteiger partial charge in [0.25, 0.3) is 5.91 Å². The first-order valence-corrected chi connectivity index (χ1v) is 4.38. The summed E-state index contributed by atoms with van der Waals surface area (Å²) in [5.74, 6) is -1.83. The second kappa shape index (κ2) is 4.08. The molecule has 0 spiro atoms. The first-order valence-electron chi connectivity index (χ1n) is 4.38. The molecule has 1 rings (SSSR count). The Balaban J connectivity index is 2.64. The summed E-state index contributed by atoms with van der Waals surface area (Å²) in [5, 5.41) is 12.5. The van der Waals surface area contributed by atoms with Gasteiger partial charge in [0.05, 0.1) is 0 Å². The predicted molar refractivity (Wildman–Crippen MR) is 43.9 cm³/mol. The van der Waals surface area contributed by atoms with Gasteiger partial charge < -0.3 is 15.2 Å². The lowest BCUT2D eigenvalue weighted by Gasteiger charge is -2.11. The largest absolute Gasteiger partial charge is 0.550 e. The molecular formula is C8H11N2O4-. The van der Waals surface area contributed by atoms with Gasteiger partial charge in [-0.3, -0.25) is 9.69 Å². The van der Waals surface area contributed by atoms with Gasteiger partial charge in [0.1, 0.15) is 6.04 Å². The van der Waals surface area contributed by atoms with E-state index in [1.807, 2.05) is 6.92 Å². The number of imide groups is 1. The minimum atomic E-state index is -1.35. The highest BCUT2D eigenvalue weighted by molar-refractivity contribution is 6.05. The zero-order valence-electron chi connectivity index (χ0n) is 7.78. The lowest BCUT2D eigenvalue weighted by molar-refractivity contribution is -0.306. The number of rotatable bonds is 4. The molecule has 1 saturated heterocycles. The van der Waals surface area contributed by atoms with Crippen LogP contribution in [0.5, 0.6) is 0 Å². The Kier molecular flexibility index (Phi) is 3.06. The van der Waals surface area contributed by atoms with Crippen LogP contribution in [0.15, 0.2) is 0 Å². The highest BCUT2D eigenvalue weighted by Crippen LogP contribution is 2.09. The maximum Gasteiger partial charge on any atom is 0.324 e. The molecule has 0 saturated carbocycles. The predicted octanol–water partition coefficient (Wildman–Crippen LogP) is -1.54. The van der Waals surface area contributed by atoms with Gasteiger partial charge in [0.15, 0.2) is 0 Å². The van der Waals surface area contributed by atoms with E-state index in [2.05, 4.69) is 5.32 Å². The molecule has 78 valence electrons. The summed E-state index contributed by atoms with van der Waals surface area (Å²) in [7, 11) is 0. The third kappa shape index (κ3) is 2.01. The van der Waals surface area contributed by atoms with Crippen LogP contribution in [-0.2, 0) is 9.59 Å². The van der Waals surface area contributed by atoms with Crippen molar-refractivity contribution in [2.45, 2.75) is 25.8 Å². The first kappa shape index (κ1) is 10.5. The molecule has 0 unspecified atom stereocenters. The fourth-order valence-corrected chi connectivity index (χ4v) is 1.32. The average Bonchev–Trinajstić information content (AvgIpc) is 2.32. The van der Waals surface area contributed by atoms with Gasteiger partial charge in [-0.15, -0.1) is 0 Å². The zero-order valence-corrected chi connectivity index (χ0v) is 7.78. The fraction of sp³-hybridized carbons (Fsp3) is 0.625. The summed E-state index contributed by atoms with van der Waals surface area (Å²) < 4.78 is 0. The van der Waals surface area contributed by atoms with Crippen molar-refractivity contribution >= 4 is 17.9 Å². The minimum absolute atomic E-state index is 0.314.